The Hall–Kier alpha value is -2.78. The molecule has 9 heteroatoms. The molecule has 1 atom stereocenters. The monoisotopic (exact) mass is 487 g/mol. The van der Waals surface area contributed by atoms with Crippen LogP contribution in [0.5, 0.6) is 0 Å². The van der Waals surface area contributed by atoms with Crippen molar-refractivity contribution in [3.63, 3.8) is 0 Å². The van der Waals surface area contributed by atoms with Gasteiger partial charge in [-0.1, -0.05) is 0 Å². The molecule has 0 spiro atoms. The molecule has 0 aromatic heterocycles. The highest BCUT2D eigenvalue weighted by atomic mass is 32.2. The first-order chi connectivity index (χ1) is 16.1. The molecule has 1 heterocycles. The molecule has 1 aliphatic heterocycles. The average molecular weight is 488 g/mol. The molecule has 1 saturated carbocycles. The molecule has 4 rings (SSSR count). The number of carbonyl (C=O) groups is 2. The minimum Gasteiger partial charge on any atom is -0.326 e. The summed E-state index contributed by atoms with van der Waals surface area (Å²) in [5.74, 6) is -0.471. The molecular weight excluding hydrogens is 457 g/mol. The zero-order valence-corrected chi connectivity index (χ0v) is 20.2. The zero-order valence-electron chi connectivity index (χ0n) is 19.4. The lowest BCUT2D eigenvalue weighted by molar-refractivity contribution is -0.121. The molecule has 2 aromatic carbocycles. The van der Waals surface area contributed by atoms with E-state index in [0.29, 0.717) is 31.5 Å². The van der Waals surface area contributed by atoms with Gasteiger partial charge in [0.1, 0.15) is 5.82 Å². The van der Waals surface area contributed by atoms with E-state index in [-0.39, 0.29) is 40.4 Å². The van der Waals surface area contributed by atoms with E-state index < -0.39 is 10.0 Å². The summed E-state index contributed by atoms with van der Waals surface area (Å²) in [7, 11) is -3.67. The highest BCUT2D eigenvalue weighted by molar-refractivity contribution is 7.89. The van der Waals surface area contributed by atoms with Gasteiger partial charge in [0.15, 0.2) is 0 Å². The van der Waals surface area contributed by atoms with E-state index in [2.05, 4.69) is 10.0 Å². The van der Waals surface area contributed by atoms with Crippen molar-refractivity contribution in [3.8, 4) is 0 Å². The predicted molar refractivity (Wildman–Crippen MR) is 128 cm³/mol. The molecule has 2 N–H and O–H groups in total. The standard InChI is InChI=1S/C25H30FN3O4S/c1-16-13-20-14-23(11-12-24(20)29(16)17(2)30)34(32,33)27-15-18-3-5-19(6-4-18)25(31)28-22-9-7-21(26)8-10-22/h7-12,14,16,18-19,27H,3-6,13,15H2,1-2H3,(H,28,31)/t16-,18?,19?/m0/s1. The van der Waals surface area contributed by atoms with Gasteiger partial charge in [-0.15, -0.1) is 0 Å². The number of nitrogens with one attached hydrogen (secondary N) is 2. The third-order valence-corrected chi connectivity index (χ3v) is 8.23. The van der Waals surface area contributed by atoms with Crippen LogP contribution in [0.2, 0.25) is 0 Å². The summed E-state index contributed by atoms with van der Waals surface area (Å²) in [5, 5.41) is 2.82. The van der Waals surface area contributed by atoms with E-state index in [9.17, 15) is 22.4 Å². The molecule has 0 radical (unpaired) electrons. The first-order valence-electron chi connectivity index (χ1n) is 11.6. The summed E-state index contributed by atoms with van der Waals surface area (Å²) >= 11 is 0. The van der Waals surface area contributed by atoms with Crippen LogP contribution < -0.4 is 14.9 Å². The lowest BCUT2D eigenvalue weighted by Crippen LogP contribution is -2.34. The van der Waals surface area contributed by atoms with Crippen molar-refractivity contribution in [2.24, 2.45) is 11.8 Å². The average Bonchev–Trinajstić information content (AvgIpc) is 3.14. The van der Waals surface area contributed by atoms with Gasteiger partial charge in [0.25, 0.3) is 0 Å². The van der Waals surface area contributed by atoms with Gasteiger partial charge in [-0.25, -0.2) is 17.5 Å². The summed E-state index contributed by atoms with van der Waals surface area (Å²) < 4.78 is 41.5. The summed E-state index contributed by atoms with van der Waals surface area (Å²) in [4.78, 5) is 26.3. The third-order valence-electron chi connectivity index (χ3n) is 6.81. The Kier molecular flexibility index (Phi) is 7.04. The highest BCUT2D eigenvalue weighted by Crippen LogP contribution is 2.34. The number of sulfonamides is 1. The topological polar surface area (TPSA) is 95.6 Å². The minimum atomic E-state index is -3.67. The van der Waals surface area contributed by atoms with Gasteiger partial charge in [-0.3, -0.25) is 9.59 Å². The van der Waals surface area contributed by atoms with Crippen LogP contribution in [0.15, 0.2) is 47.4 Å². The molecular formula is C25H30FN3O4S. The lowest BCUT2D eigenvalue weighted by Gasteiger charge is -2.28. The van der Waals surface area contributed by atoms with E-state index in [4.69, 9.17) is 0 Å². The number of hydrogen-bond donors (Lipinski definition) is 2. The van der Waals surface area contributed by atoms with Gasteiger partial charge in [0.2, 0.25) is 21.8 Å². The van der Waals surface area contributed by atoms with Crippen LogP contribution in [0.1, 0.15) is 45.1 Å². The van der Waals surface area contributed by atoms with E-state index >= 15 is 0 Å². The van der Waals surface area contributed by atoms with Crippen LogP contribution >= 0.6 is 0 Å². The van der Waals surface area contributed by atoms with Crippen LogP contribution in [0, 0.1) is 17.7 Å². The molecule has 0 saturated heterocycles. The fourth-order valence-corrected chi connectivity index (χ4v) is 6.14. The second-order valence-electron chi connectivity index (χ2n) is 9.30. The predicted octanol–water partition coefficient (Wildman–Crippen LogP) is 3.85. The van der Waals surface area contributed by atoms with E-state index in [1.165, 1.54) is 31.2 Å². The first kappa shape index (κ1) is 24.3. The fourth-order valence-electron chi connectivity index (χ4n) is 4.97. The molecule has 1 fully saturated rings. The highest BCUT2D eigenvalue weighted by Gasteiger charge is 2.31. The number of fused-ring (bicyclic) bond motifs is 1. The van der Waals surface area contributed by atoms with Crippen molar-refractivity contribution in [2.75, 3.05) is 16.8 Å². The molecule has 2 amide bonds. The summed E-state index contributed by atoms with van der Waals surface area (Å²) in [6.45, 7) is 3.78. The molecule has 34 heavy (non-hydrogen) atoms. The number of halogens is 1. The fraction of sp³-hybridized carbons (Fsp3) is 0.440. The van der Waals surface area contributed by atoms with Crippen LogP contribution in [-0.2, 0) is 26.0 Å². The Balaban J connectivity index is 1.30. The van der Waals surface area contributed by atoms with Gasteiger partial charge in [0.05, 0.1) is 4.90 Å². The van der Waals surface area contributed by atoms with Gasteiger partial charge >= 0.3 is 0 Å². The molecule has 0 unspecified atom stereocenters. The number of rotatable bonds is 6. The Morgan fingerprint density at radius 1 is 1.06 bits per heavy atom. The van der Waals surface area contributed by atoms with Crippen LogP contribution in [0.4, 0.5) is 15.8 Å². The van der Waals surface area contributed by atoms with Gasteiger partial charge in [-0.2, -0.15) is 0 Å². The second kappa shape index (κ2) is 9.84. The second-order valence-corrected chi connectivity index (χ2v) is 11.1. The molecule has 182 valence electrons. The first-order valence-corrected chi connectivity index (χ1v) is 13.1. The normalized spacial score (nSPS) is 22.3. The van der Waals surface area contributed by atoms with Crippen molar-refractivity contribution < 1.29 is 22.4 Å². The number of nitrogens with zero attached hydrogens (tertiary/aromatic N) is 1. The smallest absolute Gasteiger partial charge is 0.240 e. The summed E-state index contributed by atoms with van der Waals surface area (Å²) in [6.07, 6.45) is 3.48. The third kappa shape index (κ3) is 5.31. The molecule has 7 nitrogen and oxygen atoms in total. The van der Waals surface area contributed by atoms with Gasteiger partial charge in [0, 0.05) is 36.8 Å². The zero-order chi connectivity index (χ0) is 24.5. The number of anilines is 2. The Morgan fingerprint density at radius 2 is 1.74 bits per heavy atom. The van der Waals surface area contributed by atoms with Crippen molar-refractivity contribution >= 4 is 33.2 Å². The Morgan fingerprint density at radius 3 is 2.38 bits per heavy atom. The van der Waals surface area contributed by atoms with E-state index in [1.807, 2.05) is 6.92 Å². The van der Waals surface area contributed by atoms with Gasteiger partial charge in [-0.05, 0) is 93.0 Å². The molecule has 2 aliphatic rings. The van der Waals surface area contributed by atoms with Crippen LogP contribution in [0.3, 0.4) is 0 Å². The number of benzene rings is 2. The number of carbonyl (C=O) groups excluding carboxylic acids is 2. The van der Waals surface area contributed by atoms with Crippen molar-refractivity contribution in [1.29, 1.82) is 0 Å². The van der Waals surface area contributed by atoms with Gasteiger partial charge < -0.3 is 10.2 Å². The minimum absolute atomic E-state index is 0.00820. The largest absolute Gasteiger partial charge is 0.326 e. The van der Waals surface area contributed by atoms with Crippen molar-refractivity contribution in [3.05, 3.63) is 53.8 Å². The maximum Gasteiger partial charge on any atom is 0.240 e. The van der Waals surface area contributed by atoms with Crippen molar-refractivity contribution in [1.82, 2.24) is 4.72 Å². The van der Waals surface area contributed by atoms with E-state index in [0.717, 1.165) is 24.1 Å². The molecule has 2 aromatic rings. The maximum absolute atomic E-state index is 13.0. The SMILES string of the molecule is CC(=O)N1c2ccc(S(=O)(=O)NCC3CCC(C(=O)Nc4ccc(F)cc4)CC3)cc2C[C@@H]1C. The van der Waals surface area contributed by atoms with Crippen LogP contribution in [-0.4, -0.2) is 32.8 Å². The number of hydrogen-bond acceptors (Lipinski definition) is 4. The molecule has 0 bridgehead atoms. The van der Waals surface area contributed by atoms with E-state index in [1.54, 1.807) is 23.1 Å². The Bertz CT molecular complexity index is 1180. The summed E-state index contributed by atoms with van der Waals surface area (Å²) in [6, 6.07) is 10.6. The van der Waals surface area contributed by atoms with Crippen molar-refractivity contribution in [2.45, 2.75) is 56.9 Å². The lowest BCUT2D eigenvalue weighted by atomic mass is 9.81. The Labute approximate surface area is 199 Å². The maximum atomic E-state index is 13.0. The quantitative estimate of drug-likeness (QED) is 0.647. The van der Waals surface area contributed by atoms with Crippen LogP contribution in [0.25, 0.3) is 0 Å². The molecule has 1 aliphatic carbocycles. The number of amides is 2. The summed E-state index contributed by atoms with van der Waals surface area (Å²) in [5.41, 5.74) is 2.20.